The molecule has 6 nitrogen and oxygen atoms in total. The maximum Gasteiger partial charge on any atom is 0.336 e. The van der Waals surface area contributed by atoms with Gasteiger partial charge in [0.25, 0.3) is 5.91 Å². The molecule has 1 amide bonds. The molecule has 0 spiro atoms. The van der Waals surface area contributed by atoms with Gasteiger partial charge in [0, 0.05) is 34.6 Å². The number of piperidine rings is 1. The minimum atomic E-state index is -0.657. The summed E-state index contributed by atoms with van der Waals surface area (Å²) >= 11 is 0. The van der Waals surface area contributed by atoms with Crippen LogP contribution in [0.5, 0.6) is 5.75 Å². The first-order chi connectivity index (χ1) is 12.9. The number of benzene rings is 1. The number of hydrogen-bond donors (Lipinski definition) is 2. The fourth-order valence-electron chi connectivity index (χ4n) is 4.38. The second-order valence-electron chi connectivity index (χ2n) is 9.17. The molecule has 1 aromatic carbocycles. The zero-order chi connectivity index (χ0) is 20.7. The van der Waals surface area contributed by atoms with Gasteiger partial charge in [-0.15, -0.1) is 0 Å². The lowest BCUT2D eigenvalue weighted by Crippen LogP contribution is -2.62. The van der Waals surface area contributed by atoms with Crippen molar-refractivity contribution in [2.75, 3.05) is 0 Å². The Morgan fingerprint density at radius 3 is 2.50 bits per heavy atom. The molecule has 1 atom stereocenters. The Hall–Kier alpha value is -2.34. The van der Waals surface area contributed by atoms with Gasteiger partial charge in [0.05, 0.1) is 0 Å². The molecular weight excluding hydrogens is 356 g/mol. The number of fused-ring (bicyclic) bond motifs is 1. The second kappa shape index (κ2) is 7.24. The topological polar surface area (TPSA) is 80.6 Å². The second-order valence-corrected chi connectivity index (χ2v) is 9.17. The van der Waals surface area contributed by atoms with Crippen LogP contribution in [0.4, 0.5) is 0 Å². The minimum absolute atomic E-state index is 0.0441. The van der Waals surface area contributed by atoms with Gasteiger partial charge in [-0.05, 0) is 72.1 Å². The summed E-state index contributed by atoms with van der Waals surface area (Å²) in [6.45, 7) is 12.2. The Morgan fingerprint density at radius 1 is 1.21 bits per heavy atom. The monoisotopic (exact) mass is 386 g/mol. The Kier molecular flexibility index (Phi) is 5.28. The van der Waals surface area contributed by atoms with E-state index >= 15 is 0 Å². The third-order valence-corrected chi connectivity index (χ3v) is 5.14. The van der Waals surface area contributed by atoms with Crippen molar-refractivity contribution in [3.05, 3.63) is 40.2 Å². The molecule has 0 unspecified atom stereocenters. The van der Waals surface area contributed by atoms with E-state index in [1.165, 1.54) is 6.07 Å². The van der Waals surface area contributed by atoms with Crippen molar-refractivity contribution in [3.63, 3.8) is 0 Å². The number of ether oxygens (including phenoxy) is 1. The zero-order valence-corrected chi connectivity index (χ0v) is 17.5. The van der Waals surface area contributed by atoms with Gasteiger partial charge in [0.2, 0.25) is 0 Å². The molecule has 0 radical (unpaired) electrons. The Bertz CT molecular complexity index is 929. The smallest absolute Gasteiger partial charge is 0.336 e. The van der Waals surface area contributed by atoms with Gasteiger partial charge < -0.3 is 19.8 Å². The van der Waals surface area contributed by atoms with Crippen LogP contribution in [-0.2, 0) is 4.79 Å². The van der Waals surface area contributed by atoms with Gasteiger partial charge in [0.15, 0.2) is 6.10 Å². The van der Waals surface area contributed by atoms with E-state index < -0.39 is 11.7 Å². The largest absolute Gasteiger partial charge is 0.481 e. The maximum atomic E-state index is 12.7. The Labute approximate surface area is 165 Å². The molecule has 1 aromatic heterocycles. The van der Waals surface area contributed by atoms with Crippen LogP contribution in [0.1, 0.15) is 53.0 Å². The third-order valence-electron chi connectivity index (χ3n) is 5.14. The summed E-state index contributed by atoms with van der Waals surface area (Å²) in [5.41, 5.74) is 0.815. The van der Waals surface area contributed by atoms with Crippen molar-refractivity contribution >= 4 is 16.9 Å². The molecule has 1 aliphatic heterocycles. The van der Waals surface area contributed by atoms with Crippen molar-refractivity contribution in [1.82, 2.24) is 10.6 Å². The molecule has 0 aliphatic carbocycles. The van der Waals surface area contributed by atoms with E-state index in [0.29, 0.717) is 11.3 Å². The lowest BCUT2D eigenvalue weighted by molar-refractivity contribution is -0.128. The van der Waals surface area contributed by atoms with E-state index in [4.69, 9.17) is 9.15 Å². The summed E-state index contributed by atoms with van der Waals surface area (Å²) in [5.74, 6) is 0.346. The van der Waals surface area contributed by atoms with Crippen molar-refractivity contribution < 1.29 is 13.9 Å². The fourth-order valence-corrected chi connectivity index (χ4v) is 4.38. The number of nitrogens with one attached hydrogen (secondary N) is 2. The van der Waals surface area contributed by atoms with Crippen molar-refractivity contribution in [1.29, 1.82) is 0 Å². The van der Waals surface area contributed by atoms with Gasteiger partial charge in [0.1, 0.15) is 11.3 Å². The van der Waals surface area contributed by atoms with Crippen LogP contribution in [0.2, 0.25) is 0 Å². The van der Waals surface area contributed by atoms with Crippen LogP contribution in [0.25, 0.3) is 11.0 Å². The number of carbonyl (C=O) groups is 1. The summed E-state index contributed by atoms with van der Waals surface area (Å²) in [7, 11) is 0. The molecule has 1 aliphatic rings. The molecule has 2 aromatic rings. The van der Waals surface area contributed by atoms with E-state index in [9.17, 15) is 9.59 Å². The highest BCUT2D eigenvalue weighted by Gasteiger charge is 2.38. The van der Waals surface area contributed by atoms with E-state index in [1.807, 2.05) is 13.0 Å². The van der Waals surface area contributed by atoms with Crippen LogP contribution >= 0.6 is 0 Å². The molecular formula is C22H30N2O4. The highest BCUT2D eigenvalue weighted by atomic mass is 16.5. The molecule has 0 bridgehead atoms. The van der Waals surface area contributed by atoms with Crippen molar-refractivity contribution in [2.45, 2.75) is 77.6 Å². The van der Waals surface area contributed by atoms with Gasteiger partial charge in [-0.25, -0.2) is 4.79 Å². The van der Waals surface area contributed by atoms with Gasteiger partial charge >= 0.3 is 5.63 Å². The highest BCUT2D eigenvalue weighted by Crippen LogP contribution is 2.29. The van der Waals surface area contributed by atoms with E-state index in [1.54, 1.807) is 19.1 Å². The van der Waals surface area contributed by atoms with Crippen LogP contribution in [0, 0.1) is 6.92 Å². The summed E-state index contributed by atoms with van der Waals surface area (Å²) in [4.78, 5) is 24.3. The zero-order valence-electron chi connectivity index (χ0n) is 17.5. The summed E-state index contributed by atoms with van der Waals surface area (Å²) < 4.78 is 11.1. The van der Waals surface area contributed by atoms with E-state index in [-0.39, 0.29) is 23.0 Å². The summed E-state index contributed by atoms with van der Waals surface area (Å²) in [6, 6.07) is 6.83. The summed E-state index contributed by atoms with van der Waals surface area (Å²) in [5, 5.41) is 7.59. The lowest BCUT2D eigenvalue weighted by Gasteiger charge is -2.46. The molecule has 1 fully saturated rings. The first-order valence-corrected chi connectivity index (χ1v) is 9.75. The van der Waals surface area contributed by atoms with Crippen molar-refractivity contribution in [3.8, 4) is 5.75 Å². The van der Waals surface area contributed by atoms with Crippen LogP contribution in [0.3, 0.4) is 0 Å². The number of amides is 1. The molecule has 3 rings (SSSR count). The van der Waals surface area contributed by atoms with Crippen LogP contribution < -0.4 is 21.0 Å². The minimum Gasteiger partial charge on any atom is -0.481 e. The molecule has 2 heterocycles. The summed E-state index contributed by atoms with van der Waals surface area (Å²) in [6.07, 6.45) is 1.06. The molecule has 2 N–H and O–H groups in total. The number of hydrogen-bond acceptors (Lipinski definition) is 5. The Morgan fingerprint density at radius 2 is 1.86 bits per heavy atom. The maximum absolute atomic E-state index is 12.7. The number of aryl methyl sites for hydroxylation is 1. The number of rotatable bonds is 4. The Balaban J connectivity index is 1.69. The highest BCUT2D eigenvalue weighted by molar-refractivity contribution is 5.83. The molecule has 1 saturated heterocycles. The molecule has 28 heavy (non-hydrogen) atoms. The van der Waals surface area contributed by atoms with E-state index in [2.05, 4.69) is 38.3 Å². The normalized spacial score (nSPS) is 19.9. The average Bonchev–Trinajstić information content (AvgIpc) is 2.51. The fraction of sp³-hybridized carbons (Fsp3) is 0.545. The first kappa shape index (κ1) is 20.4. The quantitative estimate of drug-likeness (QED) is 0.788. The predicted octanol–water partition coefficient (Wildman–Crippen LogP) is 3.29. The first-order valence-electron chi connectivity index (χ1n) is 9.75. The van der Waals surface area contributed by atoms with Gasteiger partial charge in [-0.3, -0.25) is 4.79 Å². The molecule has 152 valence electrons. The third kappa shape index (κ3) is 4.73. The predicted molar refractivity (Wildman–Crippen MR) is 110 cm³/mol. The number of carbonyl (C=O) groups excluding carboxylic acids is 1. The van der Waals surface area contributed by atoms with Crippen molar-refractivity contribution in [2.24, 2.45) is 0 Å². The molecule has 6 heteroatoms. The van der Waals surface area contributed by atoms with E-state index in [0.717, 1.165) is 23.8 Å². The van der Waals surface area contributed by atoms with Gasteiger partial charge in [-0.1, -0.05) is 0 Å². The molecule has 0 saturated carbocycles. The van der Waals surface area contributed by atoms with Gasteiger partial charge in [-0.2, -0.15) is 0 Å². The lowest BCUT2D eigenvalue weighted by atomic mass is 9.79. The standard InChI is InChI=1S/C22H30N2O4/c1-13-9-19(25)28-18-10-16(7-8-17(13)18)27-14(2)20(26)23-15-11-21(3,4)24-22(5,6)12-15/h7-10,14-15,24H,11-12H2,1-6H3,(H,23,26)/t14-/m1/s1. The SMILES string of the molecule is Cc1cc(=O)oc2cc(O[C@H](C)C(=O)NC3CC(C)(C)NC(C)(C)C3)ccc12. The van der Waals surface area contributed by atoms with Crippen LogP contribution in [-0.4, -0.2) is 29.1 Å². The average molecular weight is 386 g/mol. The van der Waals surface area contributed by atoms with Crippen LogP contribution in [0.15, 0.2) is 33.5 Å².